The second kappa shape index (κ2) is 7.07. The standard InChI is InChI=1S/C14H20O3/c1-4-11(2)16-9-10-17-14-8-6-5-7-13(14)12(3)15/h5-8,11H,4,9-10H2,1-3H3. The van der Waals surface area contributed by atoms with E-state index in [0.717, 1.165) is 6.42 Å². The molecule has 0 aromatic heterocycles. The van der Waals surface area contributed by atoms with Gasteiger partial charge in [-0.3, -0.25) is 4.79 Å². The number of carbonyl (C=O) groups is 1. The summed E-state index contributed by atoms with van der Waals surface area (Å²) >= 11 is 0. The van der Waals surface area contributed by atoms with Crippen LogP contribution in [0.15, 0.2) is 24.3 Å². The Kier molecular flexibility index (Phi) is 5.70. The smallest absolute Gasteiger partial charge is 0.163 e. The topological polar surface area (TPSA) is 35.5 Å². The van der Waals surface area contributed by atoms with Crippen molar-refractivity contribution < 1.29 is 14.3 Å². The molecule has 1 aromatic rings. The maximum absolute atomic E-state index is 11.3. The molecule has 0 amide bonds. The van der Waals surface area contributed by atoms with Crippen LogP contribution in [-0.4, -0.2) is 25.1 Å². The zero-order valence-electron chi connectivity index (χ0n) is 10.7. The van der Waals surface area contributed by atoms with Gasteiger partial charge in [-0.15, -0.1) is 0 Å². The zero-order chi connectivity index (χ0) is 12.7. The van der Waals surface area contributed by atoms with Crippen LogP contribution in [0.2, 0.25) is 0 Å². The molecular formula is C14H20O3. The van der Waals surface area contributed by atoms with E-state index < -0.39 is 0 Å². The third-order valence-corrected chi connectivity index (χ3v) is 2.58. The molecule has 0 saturated heterocycles. The van der Waals surface area contributed by atoms with Gasteiger partial charge in [0.1, 0.15) is 12.4 Å². The Balaban J connectivity index is 2.44. The van der Waals surface area contributed by atoms with Crippen LogP contribution in [0.3, 0.4) is 0 Å². The van der Waals surface area contributed by atoms with E-state index in [1.54, 1.807) is 12.1 Å². The van der Waals surface area contributed by atoms with Crippen LogP contribution in [0, 0.1) is 0 Å². The molecule has 0 heterocycles. The summed E-state index contributed by atoms with van der Waals surface area (Å²) in [4.78, 5) is 11.3. The van der Waals surface area contributed by atoms with Crippen molar-refractivity contribution in [1.82, 2.24) is 0 Å². The predicted octanol–water partition coefficient (Wildman–Crippen LogP) is 3.08. The number of Topliss-reactive ketones (excluding diaryl/α,β-unsaturated/α-hetero) is 1. The lowest BCUT2D eigenvalue weighted by Crippen LogP contribution is -2.14. The van der Waals surface area contributed by atoms with Crippen LogP contribution in [0.25, 0.3) is 0 Å². The normalized spacial score (nSPS) is 12.2. The van der Waals surface area contributed by atoms with Gasteiger partial charge in [-0.25, -0.2) is 0 Å². The number of ketones is 1. The molecule has 1 aromatic carbocycles. The van der Waals surface area contributed by atoms with Crippen molar-refractivity contribution in [3.05, 3.63) is 29.8 Å². The van der Waals surface area contributed by atoms with E-state index in [-0.39, 0.29) is 11.9 Å². The van der Waals surface area contributed by atoms with E-state index in [4.69, 9.17) is 9.47 Å². The van der Waals surface area contributed by atoms with E-state index in [1.165, 1.54) is 6.92 Å². The van der Waals surface area contributed by atoms with E-state index >= 15 is 0 Å². The number of hydrogen-bond acceptors (Lipinski definition) is 3. The van der Waals surface area contributed by atoms with Crippen LogP contribution in [0.5, 0.6) is 5.75 Å². The molecule has 0 fully saturated rings. The van der Waals surface area contributed by atoms with Gasteiger partial charge < -0.3 is 9.47 Å². The van der Waals surface area contributed by atoms with E-state index in [0.29, 0.717) is 24.5 Å². The van der Waals surface area contributed by atoms with Crippen molar-refractivity contribution in [3.8, 4) is 5.75 Å². The Morgan fingerprint density at radius 1 is 1.29 bits per heavy atom. The summed E-state index contributed by atoms with van der Waals surface area (Å²) < 4.78 is 11.1. The Bertz CT molecular complexity index is 360. The lowest BCUT2D eigenvalue weighted by Gasteiger charge is -2.12. The molecule has 0 radical (unpaired) electrons. The number of hydrogen-bond donors (Lipinski definition) is 0. The van der Waals surface area contributed by atoms with Crippen LogP contribution < -0.4 is 4.74 Å². The number of rotatable bonds is 7. The van der Waals surface area contributed by atoms with Gasteiger partial charge in [0, 0.05) is 0 Å². The maximum Gasteiger partial charge on any atom is 0.163 e. The molecule has 0 aliphatic heterocycles. The monoisotopic (exact) mass is 236 g/mol. The minimum atomic E-state index is 0.0171. The summed E-state index contributed by atoms with van der Waals surface area (Å²) in [5.74, 6) is 0.649. The first-order valence-electron chi connectivity index (χ1n) is 5.99. The number of ether oxygens (including phenoxy) is 2. The number of para-hydroxylation sites is 1. The van der Waals surface area contributed by atoms with Gasteiger partial charge in [0.05, 0.1) is 18.3 Å². The average molecular weight is 236 g/mol. The minimum Gasteiger partial charge on any atom is -0.490 e. The molecule has 1 atom stereocenters. The molecular weight excluding hydrogens is 216 g/mol. The minimum absolute atomic E-state index is 0.0171. The number of benzene rings is 1. The van der Waals surface area contributed by atoms with Crippen molar-refractivity contribution in [2.75, 3.05) is 13.2 Å². The first-order valence-corrected chi connectivity index (χ1v) is 5.99. The molecule has 1 unspecified atom stereocenters. The summed E-state index contributed by atoms with van der Waals surface area (Å²) in [6.45, 7) is 6.66. The predicted molar refractivity (Wildman–Crippen MR) is 67.6 cm³/mol. The van der Waals surface area contributed by atoms with Gasteiger partial charge in [-0.1, -0.05) is 19.1 Å². The molecule has 0 bridgehead atoms. The van der Waals surface area contributed by atoms with Crippen molar-refractivity contribution in [1.29, 1.82) is 0 Å². The summed E-state index contributed by atoms with van der Waals surface area (Å²) in [5.41, 5.74) is 0.621. The first-order chi connectivity index (χ1) is 8.15. The van der Waals surface area contributed by atoms with Crippen molar-refractivity contribution in [2.45, 2.75) is 33.3 Å². The van der Waals surface area contributed by atoms with Gasteiger partial charge >= 0.3 is 0 Å². The molecule has 94 valence electrons. The second-order valence-electron chi connectivity index (χ2n) is 3.99. The second-order valence-corrected chi connectivity index (χ2v) is 3.99. The molecule has 0 aliphatic rings. The third kappa shape index (κ3) is 4.57. The van der Waals surface area contributed by atoms with Crippen LogP contribution in [-0.2, 0) is 4.74 Å². The molecule has 0 saturated carbocycles. The molecule has 0 aliphatic carbocycles. The van der Waals surface area contributed by atoms with Crippen molar-refractivity contribution >= 4 is 5.78 Å². The Hall–Kier alpha value is -1.35. The van der Waals surface area contributed by atoms with E-state index in [9.17, 15) is 4.79 Å². The largest absolute Gasteiger partial charge is 0.490 e. The highest BCUT2D eigenvalue weighted by Crippen LogP contribution is 2.18. The summed E-state index contributed by atoms with van der Waals surface area (Å²) in [7, 11) is 0. The fourth-order valence-corrected chi connectivity index (χ4v) is 1.40. The van der Waals surface area contributed by atoms with Crippen molar-refractivity contribution in [2.24, 2.45) is 0 Å². The van der Waals surface area contributed by atoms with Gasteiger partial charge in [0.2, 0.25) is 0 Å². The van der Waals surface area contributed by atoms with Crippen LogP contribution in [0.4, 0.5) is 0 Å². The average Bonchev–Trinajstić information content (AvgIpc) is 2.34. The Labute approximate surface area is 103 Å². The Morgan fingerprint density at radius 2 is 2.00 bits per heavy atom. The SMILES string of the molecule is CCC(C)OCCOc1ccccc1C(C)=O. The summed E-state index contributed by atoms with van der Waals surface area (Å²) in [6, 6.07) is 7.27. The van der Waals surface area contributed by atoms with Crippen LogP contribution in [0.1, 0.15) is 37.6 Å². The molecule has 17 heavy (non-hydrogen) atoms. The lowest BCUT2D eigenvalue weighted by molar-refractivity contribution is 0.0424. The highest BCUT2D eigenvalue weighted by molar-refractivity contribution is 5.96. The maximum atomic E-state index is 11.3. The quantitative estimate of drug-likeness (QED) is 0.539. The molecule has 0 N–H and O–H groups in total. The molecule has 3 heteroatoms. The lowest BCUT2D eigenvalue weighted by atomic mass is 10.1. The molecule has 3 nitrogen and oxygen atoms in total. The molecule has 0 spiro atoms. The summed E-state index contributed by atoms with van der Waals surface area (Å²) in [5, 5.41) is 0. The third-order valence-electron chi connectivity index (χ3n) is 2.58. The molecule has 1 rings (SSSR count). The summed E-state index contributed by atoms with van der Waals surface area (Å²) in [6.07, 6.45) is 1.24. The number of carbonyl (C=O) groups excluding carboxylic acids is 1. The highest BCUT2D eigenvalue weighted by atomic mass is 16.5. The highest BCUT2D eigenvalue weighted by Gasteiger charge is 2.07. The van der Waals surface area contributed by atoms with Crippen molar-refractivity contribution in [3.63, 3.8) is 0 Å². The fourth-order valence-electron chi connectivity index (χ4n) is 1.40. The van der Waals surface area contributed by atoms with Gasteiger partial charge in [0.15, 0.2) is 5.78 Å². The Morgan fingerprint density at radius 3 is 2.65 bits per heavy atom. The van der Waals surface area contributed by atoms with Crippen LogP contribution >= 0.6 is 0 Å². The van der Waals surface area contributed by atoms with Gasteiger partial charge in [-0.05, 0) is 32.4 Å². The fraction of sp³-hybridized carbons (Fsp3) is 0.500. The van der Waals surface area contributed by atoms with Gasteiger partial charge in [-0.2, -0.15) is 0 Å². The van der Waals surface area contributed by atoms with E-state index in [2.05, 4.69) is 6.92 Å². The van der Waals surface area contributed by atoms with Gasteiger partial charge in [0.25, 0.3) is 0 Å². The zero-order valence-corrected chi connectivity index (χ0v) is 10.7. The first kappa shape index (κ1) is 13.7. The van der Waals surface area contributed by atoms with E-state index in [1.807, 2.05) is 19.1 Å².